The van der Waals surface area contributed by atoms with Crippen LogP contribution in [0.1, 0.15) is 40.0 Å². The van der Waals surface area contributed by atoms with E-state index in [1.165, 1.54) is 25.8 Å². The molecule has 2 N–H and O–H groups in total. The molecule has 1 saturated heterocycles. The molecule has 78 valence electrons. The maximum atomic E-state index is 3.71. The fraction of sp³-hybridized carbons (Fsp3) is 1.00. The van der Waals surface area contributed by atoms with Gasteiger partial charge in [-0.05, 0) is 32.2 Å². The van der Waals surface area contributed by atoms with Crippen molar-refractivity contribution in [3.05, 3.63) is 0 Å². The van der Waals surface area contributed by atoms with Crippen molar-refractivity contribution in [3.63, 3.8) is 0 Å². The summed E-state index contributed by atoms with van der Waals surface area (Å²) in [6, 6.07) is 1.37. The van der Waals surface area contributed by atoms with E-state index in [4.69, 9.17) is 0 Å². The third-order valence-electron chi connectivity index (χ3n) is 3.29. The topological polar surface area (TPSA) is 24.1 Å². The molecule has 0 spiro atoms. The van der Waals surface area contributed by atoms with Gasteiger partial charge in [0.15, 0.2) is 0 Å². The number of piperidine rings is 1. The van der Waals surface area contributed by atoms with Crippen molar-refractivity contribution in [2.45, 2.75) is 52.1 Å². The Balaban J connectivity index is 2.21. The predicted octanol–water partition coefficient (Wildman–Crippen LogP) is 1.76. The summed E-state index contributed by atoms with van der Waals surface area (Å²) in [5.41, 5.74) is 0. The Bertz CT molecular complexity index is 130. The smallest absolute Gasteiger partial charge is 0.0195 e. The minimum atomic E-state index is 0.662. The molecule has 1 aliphatic heterocycles. The Morgan fingerprint density at radius 3 is 2.77 bits per heavy atom. The van der Waals surface area contributed by atoms with Gasteiger partial charge in [-0.2, -0.15) is 0 Å². The lowest BCUT2D eigenvalue weighted by Crippen LogP contribution is -2.48. The SMILES string of the molecule is CCC(C)C(C)NC1CCCNC1. The normalized spacial score (nSPS) is 28.4. The molecule has 13 heavy (non-hydrogen) atoms. The molecule has 0 bridgehead atoms. The van der Waals surface area contributed by atoms with Gasteiger partial charge in [0.05, 0.1) is 0 Å². The van der Waals surface area contributed by atoms with E-state index in [-0.39, 0.29) is 0 Å². The van der Waals surface area contributed by atoms with Gasteiger partial charge in [0.1, 0.15) is 0 Å². The second kappa shape index (κ2) is 5.61. The van der Waals surface area contributed by atoms with Crippen LogP contribution in [-0.4, -0.2) is 25.2 Å². The summed E-state index contributed by atoms with van der Waals surface area (Å²) in [4.78, 5) is 0. The summed E-state index contributed by atoms with van der Waals surface area (Å²) < 4.78 is 0. The molecule has 0 aromatic heterocycles. The monoisotopic (exact) mass is 184 g/mol. The highest BCUT2D eigenvalue weighted by molar-refractivity contribution is 4.79. The first kappa shape index (κ1) is 11.0. The molecule has 0 amide bonds. The van der Waals surface area contributed by atoms with Gasteiger partial charge in [0.25, 0.3) is 0 Å². The van der Waals surface area contributed by atoms with Crippen molar-refractivity contribution < 1.29 is 0 Å². The van der Waals surface area contributed by atoms with E-state index in [9.17, 15) is 0 Å². The van der Waals surface area contributed by atoms with E-state index in [0.717, 1.165) is 12.5 Å². The number of hydrogen-bond donors (Lipinski definition) is 2. The summed E-state index contributed by atoms with van der Waals surface area (Å²) in [7, 11) is 0. The van der Waals surface area contributed by atoms with Gasteiger partial charge in [0.2, 0.25) is 0 Å². The van der Waals surface area contributed by atoms with Gasteiger partial charge in [-0.15, -0.1) is 0 Å². The maximum Gasteiger partial charge on any atom is 0.0195 e. The van der Waals surface area contributed by atoms with Crippen LogP contribution in [0, 0.1) is 5.92 Å². The van der Waals surface area contributed by atoms with Gasteiger partial charge < -0.3 is 10.6 Å². The van der Waals surface area contributed by atoms with Crippen molar-refractivity contribution in [2.75, 3.05) is 13.1 Å². The lowest BCUT2D eigenvalue weighted by Gasteiger charge is -2.29. The first-order valence-electron chi connectivity index (χ1n) is 5.70. The van der Waals surface area contributed by atoms with Gasteiger partial charge in [-0.3, -0.25) is 0 Å². The molecule has 2 nitrogen and oxygen atoms in total. The highest BCUT2D eigenvalue weighted by atomic mass is 15.0. The Morgan fingerprint density at radius 1 is 1.46 bits per heavy atom. The minimum Gasteiger partial charge on any atom is -0.315 e. The number of hydrogen-bond acceptors (Lipinski definition) is 2. The standard InChI is InChI=1S/C11H24N2/c1-4-9(2)10(3)13-11-6-5-7-12-8-11/h9-13H,4-8H2,1-3H3. The highest BCUT2D eigenvalue weighted by Crippen LogP contribution is 2.10. The fourth-order valence-corrected chi connectivity index (χ4v) is 1.88. The Hall–Kier alpha value is -0.0800. The zero-order valence-corrected chi connectivity index (χ0v) is 9.27. The van der Waals surface area contributed by atoms with Gasteiger partial charge in [-0.25, -0.2) is 0 Å². The zero-order valence-electron chi connectivity index (χ0n) is 9.27. The molecule has 3 unspecified atom stereocenters. The summed E-state index contributed by atoms with van der Waals surface area (Å²) in [5.74, 6) is 0.793. The maximum absolute atomic E-state index is 3.71. The Kier molecular flexibility index (Phi) is 4.74. The third kappa shape index (κ3) is 3.65. The molecule has 0 saturated carbocycles. The minimum absolute atomic E-state index is 0.662. The van der Waals surface area contributed by atoms with Gasteiger partial charge in [-0.1, -0.05) is 20.3 Å². The Labute approximate surface area is 82.5 Å². The predicted molar refractivity (Wildman–Crippen MR) is 57.9 cm³/mol. The molecule has 1 rings (SSSR count). The quantitative estimate of drug-likeness (QED) is 0.696. The molecule has 1 heterocycles. The van der Waals surface area contributed by atoms with Crippen LogP contribution in [0.15, 0.2) is 0 Å². The molecular formula is C11H24N2. The number of nitrogens with one attached hydrogen (secondary N) is 2. The van der Waals surface area contributed by atoms with E-state index in [2.05, 4.69) is 31.4 Å². The van der Waals surface area contributed by atoms with E-state index >= 15 is 0 Å². The van der Waals surface area contributed by atoms with Crippen LogP contribution >= 0.6 is 0 Å². The second-order valence-corrected chi connectivity index (χ2v) is 4.38. The van der Waals surface area contributed by atoms with Crippen LogP contribution in [-0.2, 0) is 0 Å². The lowest BCUT2D eigenvalue weighted by atomic mass is 9.98. The van der Waals surface area contributed by atoms with E-state index in [1.54, 1.807) is 0 Å². The first-order valence-corrected chi connectivity index (χ1v) is 5.70. The molecule has 0 aromatic carbocycles. The van der Waals surface area contributed by atoms with E-state index in [0.29, 0.717) is 12.1 Å². The van der Waals surface area contributed by atoms with Crippen molar-refractivity contribution in [2.24, 2.45) is 5.92 Å². The van der Waals surface area contributed by atoms with Crippen LogP contribution in [0.4, 0.5) is 0 Å². The summed E-state index contributed by atoms with van der Waals surface area (Å²) in [5, 5.41) is 7.14. The lowest BCUT2D eigenvalue weighted by molar-refractivity contribution is 0.307. The second-order valence-electron chi connectivity index (χ2n) is 4.38. The molecule has 1 aliphatic rings. The summed E-state index contributed by atoms with van der Waals surface area (Å²) >= 11 is 0. The average Bonchev–Trinajstić information content (AvgIpc) is 2.18. The first-order chi connectivity index (χ1) is 6.24. The van der Waals surface area contributed by atoms with Crippen LogP contribution in [0.5, 0.6) is 0 Å². The summed E-state index contributed by atoms with van der Waals surface area (Å²) in [6.45, 7) is 9.26. The largest absolute Gasteiger partial charge is 0.315 e. The molecule has 0 radical (unpaired) electrons. The summed E-state index contributed by atoms with van der Waals surface area (Å²) in [6.07, 6.45) is 3.94. The molecule has 0 aliphatic carbocycles. The van der Waals surface area contributed by atoms with Crippen LogP contribution in [0.3, 0.4) is 0 Å². The molecule has 0 aromatic rings. The zero-order chi connectivity index (χ0) is 9.68. The van der Waals surface area contributed by atoms with Crippen LogP contribution < -0.4 is 10.6 Å². The molecule has 3 atom stereocenters. The van der Waals surface area contributed by atoms with Gasteiger partial charge in [0, 0.05) is 18.6 Å². The third-order valence-corrected chi connectivity index (χ3v) is 3.29. The molecule has 1 fully saturated rings. The average molecular weight is 184 g/mol. The van der Waals surface area contributed by atoms with Crippen molar-refractivity contribution in [3.8, 4) is 0 Å². The number of rotatable bonds is 4. The van der Waals surface area contributed by atoms with Crippen molar-refractivity contribution in [1.82, 2.24) is 10.6 Å². The van der Waals surface area contributed by atoms with E-state index < -0.39 is 0 Å². The molecule has 2 heteroatoms. The van der Waals surface area contributed by atoms with Crippen molar-refractivity contribution in [1.29, 1.82) is 0 Å². The van der Waals surface area contributed by atoms with Crippen LogP contribution in [0.2, 0.25) is 0 Å². The van der Waals surface area contributed by atoms with E-state index in [1.807, 2.05) is 0 Å². The van der Waals surface area contributed by atoms with Gasteiger partial charge >= 0.3 is 0 Å². The molecular weight excluding hydrogens is 160 g/mol. The Morgan fingerprint density at radius 2 is 2.23 bits per heavy atom. The fourth-order valence-electron chi connectivity index (χ4n) is 1.88. The van der Waals surface area contributed by atoms with Crippen molar-refractivity contribution >= 4 is 0 Å². The highest BCUT2D eigenvalue weighted by Gasteiger charge is 2.17. The van der Waals surface area contributed by atoms with Crippen LogP contribution in [0.25, 0.3) is 0 Å².